The third kappa shape index (κ3) is 12.5. The summed E-state index contributed by atoms with van der Waals surface area (Å²) < 4.78 is 24.2. The van der Waals surface area contributed by atoms with E-state index in [-0.39, 0.29) is 5.69 Å². The molecule has 1 heterocycles. The van der Waals surface area contributed by atoms with Crippen LogP contribution in [0.15, 0.2) is 18.2 Å². The number of benzene rings is 1. The van der Waals surface area contributed by atoms with Crippen molar-refractivity contribution >= 4 is 11.7 Å². The fourth-order valence-corrected chi connectivity index (χ4v) is 1.18. The topological polar surface area (TPSA) is 87.4 Å². The van der Waals surface area contributed by atoms with Crippen LogP contribution in [-0.2, 0) is 4.79 Å². The summed E-state index contributed by atoms with van der Waals surface area (Å²) in [6.45, 7) is 5.64. The second-order valence-electron chi connectivity index (χ2n) is 3.72. The third-order valence-corrected chi connectivity index (χ3v) is 1.84. The van der Waals surface area contributed by atoms with Gasteiger partial charge in [0.15, 0.2) is 0 Å². The van der Waals surface area contributed by atoms with Crippen molar-refractivity contribution in [3.8, 4) is 0 Å². The SMILES string of the molecule is C1CNCCN1.CC(=O)O.Nc1cc(F)cc(F)c1. The molecule has 0 saturated carbocycles. The van der Waals surface area contributed by atoms with E-state index in [4.69, 9.17) is 15.6 Å². The first-order valence-corrected chi connectivity index (χ1v) is 5.74. The molecule has 1 aliphatic heterocycles. The molecule has 108 valence electrons. The van der Waals surface area contributed by atoms with E-state index in [0.29, 0.717) is 0 Å². The van der Waals surface area contributed by atoms with Crippen LogP contribution < -0.4 is 16.4 Å². The number of nitrogen functional groups attached to an aromatic ring is 1. The summed E-state index contributed by atoms with van der Waals surface area (Å²) in [5.41, 5.74) is 5.18. The van der Waals surface area contributed by atoms with Gasteiger partial charge in [0, 0.05) is 44.9 Å². The molecule has 0 spiro atoms. The van der Waals surface area contributed by atoms with E-state index in [0.717, 1.165) is 51.3 Å². The lowest BCUT2D eigenvalue weighted by molar-refractivity contribution is -0.134. The predicted octanol–water partition coefficient (Wildman–Crippen LogP) is 0.817. The van der Waals surface area contributed by atoms with E-state index >= 15 is 0 Å². The number of aliphatic carboxylic acids is 1. The van der Waals surface area contributed by atoms with E-state index in [1.165, 1.54) is 0 Å². The van der Waals surface area contributed by atoms with Crippen molar-refractivity contribution in [1.82, 2.24) is 10.6 Å². The lowest BCUT2D eigenvalue weighted by Gasteiger charge is -2.11. The van der Waals surface area contributed by atoms with E-state index < -0.39 is 17.6 Å². The Morgan fingerprint density at radius 1 is 1.11 bits per heavy atom. The number of carboxylic acid groups (broad SMARTS) is 1. The molecule has 0 unspecified atom stereocenters. The van der Waals surface area contributed by atoms with Gasteiger partial charge >= 0.3 is 0 Å². The van der Waals surface area contributed by atoms with Crippen LogP contribution in [0.5, 0.6) is 0 Å². The van der Waals surface area contributed by atoms with Gasteiger partial charge in [-0.1, -0.05) is 0 Å². The zero-order valence-electron chi connectivity index (χ0n) is 10.7. The number of carboxylic acids is 1. The molecule has 5 nitrogen and oxygen atoms in total. The summed E-state index contributed by atoms with van der Waals surface area (Å²) in [6.07, 6.45) is 0. The lowest BCUT2D eigenvalue weighted by Crippen LogP contribution is -2.39. The molecule has 0 bridgehead atoms. The van der Waals surface area contributed by atoms with Crippen molar-refractivity contribution in [2.24, 2.45) is 0 Å². The first-order chi connectivity index (χ1) is 8.91. The maximum Gasteiger partial charge on any atom is 0.300 e. The molecule has 1 aliphatic rings. The second-order valence-corrected chi connectivity index (χ2v) is 3.72. The number of carbonyl (C=O) groups is 1. The molecule has 0 radical (unpaired) electrons. The maximum atomic E-state index is 12.1. The van der Waals surface area contributed by atoms with Crippen LogP contribution in [0.25, 0.3) is 0 Å². The van der Waals surface area contributed by atoms with E-state index in [1.54, 1.807) is 0 Å². The molecule has 2 rings (SSSR count). The molecule has 1 saturated heterocycles. The molecule has 1 aromatic carbocycles. The van der Waals surface area contributed by atoms with Gasteiger partial charge in [0.25, 0.3) is 5.97 Å². The van der Waals surface area contributed by atoms with Gasteiger partial charge in [0.05, 0.1) is 0 Å². The van der Waals surface area contributed by atoms with Crippen molar-refractivity contribution < 1.29 is 18.7 Å². The Labute approximate surface area is 110 Å². The van der Waals surface area contributed by atoms with Crippen LogP contribution in [-0.4, -0.2) is 37.3 Å². The minimum atomic E-state index is -0.833. The highest BCUT2D eigenvalue weighted by molar-refractivity contribution is 5.62. The zero-order chi connectivity index (χ0) is 14.7. The molecule has 1 aromatic rings. The average molecular weight is 275 g/mol. The Morgan fingerprint density at radius 2 is 1.42 bits per heavy atom. The van der Waals surface area contributed by atoms with Crippen LogP contribution >= 0.6 is 0 Å². The molecule has 7 heteroatoms. The van der Waals surface area contributed by atoms with Gasteiger partial charge in [-0.2, -0.15) is 0 Å². The van der Waals surface area contributed by atoms with Gasteiger partial charge in [0.2, 0.25) is 0 Å². The molecule has 0 amide bonds. The first kappa shape index (κ1) is 17.3. The minimum Gasteiger partial charge on any atom is -0.481 e. The van der Waals surface area contributed by atoms with Crippen LogP contribution in [0.4, 0.5) is 14.5 Å². The summed E-state index contributed by atoms with van der Waals surface area (Å²) in [5.74, 6) is -2.12. The van der Waals surface area contributed by atoms with Gasteiger partial charge < -0.3 is 21.5 Å². The van der Waals surface area contributed by atoms with Crippen molar-refractivity contribution in [3.05, 3.63) is 29.8 Å². The highest BCUT2D eigenvalue weighted by Gasteiger charge is 1.94. The summed E-state index contributed by atoms with van der Waals surface area (Å²) in [6, 6.07) is 2.89. The summed E-state index contributed by atoms with van der Waals surface area (Å²) in [4.78, 5) is 9.00. The fraction of sp³-hybridized carbons (Fsp3) is 0.417. The highest BCUT2D eigenvalue weighted by Crippen LogP contribution is 2.07. The van der Waals surface area contributed by atoms with E-state index in [2.05, 4.69) is 10.6 Å². The second kappa shape index (κ2) is 10.2. The number of anilines is 1. The number of hydrogen-bond acceptors (Lipinski definition) is 4. The van der Waals surface area contributed by atoms with Gasteiger partial charge in [-0.25, -0.2) is 8.78 Å². The summed E-state index contributed by atoms with van der Waals surface area (Å²) in [5, 5.41) is 13.9. The Morgan fingerprint density at radius 3 is 1.63 bits per heavy atom. The number of nitrogens with two attached hydrogens (primary N) is 1. The Kier molecular flexibility index (Phi) is 9.29. The molecule has 0 aliphatic carbocycles. The highest BCUT2D eigenvalue weighted by atomic mass is 19.1. The number of halogens is 2. The van der Waals surface area contributed by atoms with Crippen LogP contribution in [0.3, 0.4) is 0 Å². The quantitative estimate of drug-likeness (QED) is 0.527. The Balaban J connectivity index is 0.000000281. The molecule has 19 heavy (non-hydrogen) atoms. The van der Waals surface area contributed by atoms with Gasteiger partial charge in [-0.3, -0.25) is 4.79 Å². The monoisotopic (exact) mass is 275 g/mol. The number of rotatable bonds is 0. The molecule has 5 N–H and O–H groups in total. The normalized spacial score (nSPS) is 13.4. The molecule has 0 atom stereocenters. The molecular weight excluding hydrogens is 256 g/mol. The van der Waals surface area contributed by atoms with Crippen LogP contribution in [0, 0.1) is 11.6 Å². The van der Waals surface area contributed by atoms with Crippen molar-refractivity contribution in [1.29, 1.82) is 0 Å². The summed E-state index contributed by atoms with van der Waals surface area (Å²) in [7, 11) is 0. The summed E-state index contributed by atoms with van der Waals surface area (Å²) >= 11 is 0. The largest absolute Gasteiger partial charge is 0.481 e. The van der Waals surface area contributed by atoms with E-state index in [1.807, 2.05) is 0 Å². The van der Waals surface area contributed by atoms with Crippen LogP contribution in [0.1, 0.15) is 6.92 Å². The van der Waals surface area contributed by atoms with Crippen molar-refractivity contribution in [2.75, 3.05) is 31.9 Å². The molecule has 1 fully saturated rings. The standard InChI is InChI=1S/C6H5F2N.C4H10N2.C2H4O2/c7-4-1-5(8)3-6(9)2-4;1-2-6-4-3-5-1;1-2(3)4/h1-3H,9H2;5-6H,1-4H2;1H3,(H,3,4). The number of hydrogen-bond donors (Lipinski definition) is 4. The predicted molar refractivity (Wildman–Crippen MR) is 69.8 cm³/mol. The minimum absolute atomic E-state index is 0.104. The first-order valence-electron chi connectivity index (χ1n) is 5.74. The van der Waals surface area contributed by atoms with Gasteiger partial charge in [-0.15, -0.1) is 0 Å². The smallest absolute Gasteiger partial charge is 0.300 e. The van der Waals surface area contributed by atoms with Gasteiger partial charge in [-0.05, 0) is 12.1 Å². The van der Waals surface area contributed by atoms with E-state index in [9.17, 15) is 8.78 Å². The Hall–Kier alpha value is -1.73. The van der Waals surface area contributed by atoms with Gasteiger partial charge in [0.1, 0.15) is 11.6 Å². The third-order valence-electron chi connectivity index (χ3n) is 1.84. The lowest BCUT2D eigenvalue weighted by atomic mass is 10.3. The molecule has 0 aromatic heterocycles. The Bertz CT molecular complexity index is 319. The fourth-order valence-electron chi connectivity index (χ4n) is 1.18. The maximum absolute atomic E-state index is 12.1. The number of nitrogens with one attached hydrogen (secondary N) is 2. The van der Waals surface area contributed by atoms with Crippen LogP contribution in [0.2, 0.25) is 0 Å². The zero-order valence-corrected chi connectivity index (χ0v) is 10.7. The number of piperazine rings is 1. The molecular formula is C12H19F2N3O2. The van der Waals surface area contributed by atoms with Crippen molar-refractivity contribution in [2.45, 2.75) is 6.92 Å². The van der Waals surface area contributed by atoms with Crippen molar-refractivity contribution in [3.63, 3.8) is 0 Å². The average Bonchev–Trinajstić information content (AvgIpc) is 2.29.